The summed E-state index contributed by atoms with van der Waals surface area (Å²) in [4.78, 5) is 67.3. The quantitative estimate of drug-likeness (QED) is 0.0175. The normalized spacial score (nSPS) is 17.9. The lowest BCUT2D eigenvalue weighted by Crippen LogP contribution is -2.57. The number of likely N-dealkylation sites (tertiary alicyclic amines) is 1. The zero-order chi connectivity index (χ0) is 73.7. The second-order valence-corrected chi connectivity index (χ2v) is 34.6. The first-order valence-electron chi connectivity index (χ1n) is 34.7. The van der Waals surface area contributed by atoms with Crippen LogP contribution in [-0.2, 0) is 34.2 Å². The van der Waals surface area contributed by atoms with E-state index in [1.165, 1.54) is 45.5 Å². The Bertz CT molecular complexity index is 4120. The standard InChI is InChI=1S/C75H95ClF3N9O10S4/c1-50(52-18-20-54(21-19-52)68-51(2)80-49-100-68)81-71(93)65-43-60(90)47-88(65)72(94)69(73(3,4)5)83-67(91)17-13-8-9-14-35-85(41-42-89)36-33-58(48-99-61-15-11-10-12-16-61)82-64-31-30-62(44-66(64)101(95,96)75(77,78)79)102(97,98)84-70(92)55-24-28-59(29-25-55)87-39-37-86(38-40-87)46-56-45-74(6,7)34-32-63(56)53-22-26-57(76)27-23-53/h10-12,15-16,18-31,44,49-50,58,60,65,69,82,89-90H,8-9,13-14,17,32-43,45-48H2,1-7H3,(H,81,93)(H,83,91)(H,84,92)/t50?,58-,60-,65+,69?/m1/s1. The van der Waals surface area contributed by atoms with Gasteiger partial charge in [0.25, 0.3) is 25.8 Å². The number of hydrogen-bond acceptors (Lipinski definition) is 17. The summed E-state index contributed by atoms with van der Waals surface area (Å²) in [6.45, 7) is 18.4. The Balaban J connectivity index is 0.778. The summed E-state index contributed by atoms with van der Waals surface area (Å²) in [5.41, 5.74) is 2.41. The SMILES string of the molecule is Cc1ncsc1-c1ccc(C(C)NC(=O)[C@@H]2C[C@@H](O)CN2C(=O)C(NC(=O)CCCCCCN(CCO)CC[C@H](CSc2ccccc2)Nc2ccc(S(=O)(=O)NC(=O)c3ccc(N4CCN(CC5=C(c6ccc(Cl)cc6)CCC(C)(C)C5)CC4)cc3)cc2S(=O)(=O)C(F)(F)F)C(C)(C)C)cc1. The third kappa shape index (κ3) is 21.2. The minimum Gasteiger partial charge on any atom is -0.395 e. The molecule has 2 fully saturated rings. The number of halogens is 4. The molecule has 5 atom stereocenters. The monoisotopic (exact) mass is 1500 g/mol. The van der Waals surface area contributed by atoms with Gasteiger partial charge in [0, 0.05) is 98.2 Å². The molecule has 5 aromatic carbocycles. The fraction of sp³-hybridized carbons (Fsp3) is 0.480. The number of rotatable bonds is 31. The summed E-state index contributed by atoms with van der Waals surface area (Å²) in [6, 6.07) is 30.5. The van der Waals surface area contributed by atoms with Crippen LogP contribution in [0.3, 0.4) is 0 Å². The van der Waals surface area contributed by atoms with Gasteiger partial charge in [-0.25, -0.2) is 26.5 Å². The maximum Gasteiger partial charge on any atom is 0.501 e. The van der Waals surface area contributed by atoms with Crippen LogP contribution in [0.15, 0.2) is 147 Å². The number of alkyl halides is 3. The number of aromatic nitrogens is 1. The number of hydrogen-bond donors (Lipinski definition) is 6. The number of sulfonamides is 1. The lowest BCUT2D eigenvalue weighted by molar-refractivity contribution is -0.144. The first kappa shape index (κ1) is 79.2. The van der Waals surface area contributed by atoms with E-state index in [0.717, 1.165) is 83.3 Å². The number of benzene rings is 5. The Morgan fingerprint density at radius 2 is 1.51 bits per heavy atom. The number of unbranched alkanes of at least 4 members (excludes halogenated alkanes) is 3. The van der Waals surface area contributed by atoms with Gasteiger partial charge in [-0.2, -0.15) is 13.2 Å². The zero-order valence-corrected chi connectivity index (χ0v) is 62.9. The van der Waals surface area contributed by atoms with Crippen LogP contribution in [-0.4, -0.2) is 171 Å². The molecule has 2 aliphatic heterocycles. The minimum absolute atomic E-state index is 0.0395. The second kappa shape index (κ2) is 34.8. The van der Waals surface area contributed by atoms with Crippen molar-refractivity contribution in [3.8, 4) is 10.4 Å². The van der Waals surface area contributed by atoms with Crippen LogP contribution >= 0.6 is 34.7 Å². The average molecular weight is 1500 g/mol. The van der Waals surface area contributed by atoms with E-state index < -0.39 is 94.3 Å². The molecule has 552 valence electrons. The molecule has 0 radical (unpaired) electrons. The Morgan fingerprint density at radius 1 is 0.833 bits per heavy atom. The fourth-order valence-corrected chi connectivity index (χ4v) is 17.3. The van der Waals surface area contributed by atoms with Crippen LogP contribution in [0.5, 0.6) is 0 Å². The maximum absolute atomic E-state index is 14.6. The molecule has 0 saturated carbocycles. The van der Waals surface area contributed by atoms with Crippen molar-refractivity contribution in [1.82, 2.24) is 35.0 Å². The van der Waals surface area contributed by atoms with Gasteiger partial charge in [-0.3, -0.25) is 24.1 Å². The van der Waals surface area contributed by atoms with Crippen LogP contribution < -0.4 is 25.6 Å². The van der Waals surface area contributed by atoms with Crippen LogP contribution in [0.25, 0.3) is 16.0 Å². The summed E-state index contributed by atoms with van der Waals surface area (Å²) in [5.74, 6) is -2.09. The topological polar surface area (TPSA) is 251 Å². The number of carbonyl (C=O) groups excluding carboxylic acids is 4. The van der Waals surface area contributed by atoms with Crippen molar-refractivity contribution in [2.45, 2.75) is 163 Å². The van der Waals surface area contributed by atoms with Gasteiger partial charge in [0.15, 0.2) is 0 Å². The third-order valence-electron chi connectivity index (χ3n) is 19.2. The highest BCUT2D eigenvalue weighted by atomic mass is 35.5. The molecule has 27 heteroatoms. The molecule has 1 aromatic heterocycles. The molecule has 6 N–H and O–H groups in total. The smallest absolute Gasteiger partial charge is 0.395 e. The van der Waals surface area contributed by atoms with Crippen molar-refractivity contribution in [1.29, 1.82) is 0 Å². The number of aryl methyl sites for hydroxylation is 1. The molecule has 6 aromatic rings. The molecule has 9 rings (SSSR count). The van der Waals surface area contributed by atoms with E-state index in [0.29, 0.717) is 63.0 Å². The molecule has 0 bridgehead atoms. The predicted molar refractivity (Wildman–Crippen MR) is 398 cm³/mol. The van der Waals surface area contributed by atoms with E-state index in [9.17, 15) is 59.4 Å². The lowest BCUT2D eigenvalue weighted by Gasteiger charge is -2.39. The molecule has 0 spiro atoms. The largest absolute Gasteiger partial charge is 0.501 e. The summed E-state index contributed by atoms with van der Waals surface area (Å²) >= 11 is 9.14. The predicted octanol–water partition coefficient (Wildman–Crippen LogP) is 12.5. The molecule has 2 unspecified atom stereocenters. The first-order chi connectivity index (χ1) is 48.3. The molecular weight excluding hydrogens is 1410 g/mol. The van der Waals surface area contributed by atoms with Gasteiger partial charge in [-0.1, -0.05) is 119 Å². The van der Waals surface area contributed by atoms with Crippen molar-refractivity contribution >= 4 is 95.1 Å². The minimum atomic E-state index is -6.21. The number of amides is 4. The highest BCUT2D eigenvalue weighted by Gasteiger charge is 2.49. The van der Waals surface area contributed by atoms with Crippen molar-refractivity contribution in [2.24, 2.45) is 10.8 Å². The Labute approximate surface area is 611 Å². The molecule has 19 nitrogen and oxygen atoms in total. The molecule has 4 amide bonds. The van der Waals surface area contributed by atoms with Gasteiger partial charge in [0.05, 0.1) is 45.4 Å². The molecule has 102 heavy (non-hydrogen) atoms. The maximum atomic E-state index is 14.6. The van der Waals surface area contributed by atoms with Crippen LogP contribution in [0, 0.1) is 17.8 Å². The number of aliphatic hydroxyl groups excluding tert-OH is 2. The van der Waals surface area contributed by atoms with E-state index in [-0.39, 0.29) is 61.6 Å². The fourth-order valence-electron chi connectivity index (χ4n) is 13.4. The van der Waals surface area contributed by atoms with Gasteiger partial charge >= 0.3 is 5.51 Å². The number of nitrogens with zero attached hydrogens (tertiary/aromatic N) is 5. The summed E-state index contributed by atoms with van der Waals surface area (Å²) in [6.07, 6.45) is 4.92. The van der Waals surface area contributed by atoms with Gasteiger partial charge in [-0.15, -0.1) is 23.1 Å². The average Bonchev–Trinajstić information content (AvgIpc) is 0.847. The van der Waals surface area contributed by atoms with Gasteiger partial charge in [-0.05, 0) is 159 Å². The molecule has 2 saturated heterocycles. The summed E-state index contributed by atoms with van der Waals surface area (Å²) in [7, 11) is -11.2. The molecule has 3 aliphatic rings. The Hall–Kier alpha value is -6.88. The number of piperazine rings is 1. The Morgan fingerprint density at radius 3 is 2.16 bits per heavy atom. The van der Waals surface area contributed by atoms with E-state index in [1.807, 2.05) is 111 Å². The van der Waals surface area contributed by atoms with Crippen molar-refractivity contribution in [3.05, 3.63) is 160 Å². The number of allylic oxidation sites excluding steroid dienone is 1. The Kier molecular flexibility index (Phi) is 27.0. The van der Waals surface area contributed by atoms with Gasteiger partial charge < -0.3 is 40.9 Å². The second-order valence-electron chi connectivity index (χ2n) is 28.6. The van der Waals surface area contributed by atoms with E-state index in [1.54, 1.807) is 29.0 Å². The van der Waals surface area contributed by atoms with Gasteiger partial charge in [0.1, 0.15) is 17.0 Å². The number of anilines is 2. The molecular formula is C75H95ClF3N9O10S4. The highest BCUT2D eigenvalue weighted by molar-refractivity contribution is 7.99. The van der Waals surface area contributed by atoms with Crippen LogP contribution in [0.1, 0.15) is 139 Å². The van der Waals surface area contributed by atoms with Crippen LogP contribution in [0.4, 0.5) is 24.5 Å². The highest BCUT2D eigenvalue weighted by Crippen LogP contribution is 2.44. The number of sulfone groups is 1. The third-order valence-corrected chi connectivity index (χ3v) is 24.4. The van der Waals surface area contributed by atoms with Crippen LogP contribution in [0.2, 0.25) is 5.02 Å². The summed E-state index contributed by atoms with van der Waals surface area (Å²) < 4.78 is 101. The number of β-amino-alcohol motifs (C(OH)–C–C–N with tert-alkyl or cyclic N) is 1. The number of thiazole rings is 1. The number of thioether (sulfide) groups is 1. The van der Waals surface area contributed by atoms with Crippen molar-refractivity contribution < 1.29 is 59.4 Å². The number of carbonyl (C=O) groups is 4. The van der Waals surface area contributed by atoms with Crippen molar-refractivity contribution in [3.63, 3.8) is 0 Å². The lowest BCUT2D eigenvalue weighted by atomic mass is 9.73. The number of aliphatic hydroxyl groups is 2. The zero-order valence-electron chi connectivity index (χ0n) is 58.9. The van der Waals surface area contributed by atoms with E-state index in [2.05, 4.69) is 56.7 Å². The van der Waals surface area contributed by atoms with E-state index >= 15 is 0 Å². The molecule has 1 aliphatic carbocycles. The van der Waals surface area contributed by atoms with Crippen molar-refractivity contribution in [2.75, 3.05) is 81.5 Å². The van der Waals surface area contributed by atoms with E-state index in [4.69, 9.17) is 11.6 Å². The first-order valence-corrected chi connectivity index (χ1v) is 39.9. The number of nitrogens with one attached hydrogen (secondary N) is 4. The molecule has 3 heterocycles. The van der Waals surface area contributed by atoms with Gasteiger partial charge in [0.2, 0.25) is 17.7 Å². The summed E-state index contributed by atoms with van der Waals surface area (Å²) in [5, 5.41) is 30.6.